The quantitative estimate of drug-likeness (QED) is 0.866. The smallest absolute Gasteiger partial charge is 0.182 e. The van der Waals surface area contributed by atoms with Crippen LogP contribution in [0.15, 0.2) is 29.6 Å². The number of rotatable bonds is 6. The summed E-state index contributed by atoms with van der Waals surface area (Å²) in [6, 6.07) is 8.28. The van der Waals surface area contributed by atoms with Crippen molar-refractivity contribution in [1.29, 1.82) is 0 Å². The van der Waals surface area contributed by atoms with Gasteiger partial charge in [0.1, 0.15) is 5.75 Å². The number of aryl methyl sites for hydroxylation is 2. The maximum absolute atomic E-state index is 5.50. The minimum atomic E-state index is 0.709. The van der Waals surface area contributed by atoms with Crippen LogP contribution < -0.4 is 10.1 Å². The molecule has 1 aromatic carbocycles. The Hall–Kier alpha value is -1.55. The second-order valence-corrected chi connectivity index (χ2v) is 4.83. The van der Waals surface area contributed by atoms with E-state index in [-0.39, 0.29) is 0 Å². The van der Waals surface area contributed by atoms with Crippen LogP contribution >= 0.6 is 11.3 Å². The summed E-state index contributed by atoms with van der Waals surface area (Å²) in [5.74, 6) is 0.948. The maximum Gasteiger partial charge on any atom is 0.182 e. The fraction of sp³-hybridized carbons (Fsp3) is 0.357. The van der Waals surface area contributed by atoms with Crippen LogP contribution in [0.4, 0.5) is 5.13 Å². The van der Waals surface area contributed by atoms with Gasteiger partial charge in [-0.3, -0.25) is 0 Å². The van der Waals surface area contributed by atoms with Crippen molar-refractivity contribution in [2.75, 3.05) is 19.0 Å². The molecule has 0 radical (unpaired) electrons. The molecule has 0 aliphatic carbocycles. The molecule has 0 saturated heterocycles. The zero-order valence-electron chi connectivity index (χ0n) is 10.8. The number of anilines is 1. The molecule has 0 aliphatic rings. The molecular weight excluding hydrogens is 244 g/mol. The molecule has 0 atom stereocenters. The lowest BCUT2D eigenvalue weighted by Gasteiger charge is -2.05. The van der Waals surface area contributed by atoms with Crippen LogP contribution in [0, 0.1) is 0 Å². The van der Waals surface area contributed by atoms with E-state index in [1.54, 1.807) is 11.3 Å². The third-order valence-electron chi connectivity index (χ3n) is 2.64. The summed E-state index contributed by atoms with van der Waals surface area (Å²) in [6.07, 6.45) is 1.96. The highest BCUT2D eigenvalue weighted by atomic mass is 32.1. The minimum absolute atomic E-state index is 0.709. The maximum atomic E-state index is 5.50. The number of hydrogen-bond donors (Lipinski definition) is 1. The predicted octanol–water partition coefficient (Wildman–Crippen LogP) is 3.37. The Morgan fingerprint density at radius 1 is 1.33 bits per heavy atom. The molecule has 2 aromatic rings. The van der Waals surface area contributed by atoms with Gasteiger partial charge in [-0.05, 0) is 37.5 Å². The summed E-state index contributed by atoms with van der Waals surface area (Å²) in [4.78, 5) is 4.48. The number of nitrogens with zero attached hydrogens (tertiary/aromatic N) is 1. The van der Waals surface area contributed by atoms with Crippen molar-refractivity contribution in [1.82, 2.24) is 4.98 Å². The zero-order valence-corrected chi connectivity index (χ0v) is 11.6. The van der Waals surface area contributed by atoms with Gasteiger partial charge in [0.15, 0.2) is 5.13 Å². The largest absolute Gasteiger partial charge is 0.494 e. The molecule has 0 bridgehead atoms. The molecular formula is C14H18N2OS. The average Bonchev–Trinajstić information content (AvgIpc) is 2.85. The third kappa shape index (κ3) is 3.47. The van der Waals surface area contributed by atoms with Crippen molar-refractivity contribution in [3.05, 3.63) is 40.9 Å². The van der Waals surface area contributed by atoms with Gasteiger partial charge in [0.05, 0.1) is 12.3 Å². The lowest BCUT2D eigenvalue weighted by Crippen LogP contribution is -1.95. The van der Waals surface area contributed by atoms with Gasteiger partial charge in [-0.15, -0.1) is 11.3 Å². The van der Waals surface area contributed by atoms with Crippen LogP contribution in [-0.4, -0.2) is 18.6 Å². The molecule has 1 N–H and O–H groups in total. The summed E-state index contributed by atoms with van der Waals surface area (Å²) in [7, 11) is 1.90. The van der Waals surface area contributed by atoms with Crippen LogP contribution in [0.1, 0.15) is 18.2 Å². The van der Waals surface area contributed by atoms with Gasteiger partial charge in [0, 0.05) is 12.4 Å². The molecule has 0 saturated carbocycles. The number of ether oxygens (including phenoxy) is 1. The molecule has 18 heavy (non-hydrogen) atoms. The first-order valence-corrected chi connectivity index (χ1v) is 7.03. The van der Waals surface area contributed by atoms with Crippen LogP contribution in [0.5, 0.6) is 5.75 Å². The Morgan fingerprint density at radius 3 is 2.94 bits per heavy atom. The molecule has 96 valence electrons. The highest BCUT2D eigenvalue weighted by Crippen LogP contribution is 2.18. The van der Waals surface area contributed by atoms with E-state index in [2.05, 4.69) is 27.8 Å². The topological polar surface area (TPSA) is 34.1 Å². The lowest BCUT2D eigenvalue weighted by molar-refractivity contribution is 0.340. The first-order valence-electron chi connectivity index (χ1n) is 6.15. The van der Waals surface area contributed by atoms with E-state index < -0.39 is 0 Å². The van der Waals surface area contributed by atoms with Gasteiger partial charge >= 0.3 is 0 Å². The Kier molecular flexibility index (Phi) is 4.59. The molecule has 0 aliphatic heterocycles. The van der Waals surface area contributed by atoms with Crippen LogP contribution in [0.25, 0.3) is 0 Å². The Labute approximate surface area is 112 Å². The molecule has 4 heteroatoms. The van der Waals surface area contributed by atoms with Crippen LogP contribution in [-0.2, 0) is 12.8 Å². The van der Waals surface area contributed by atoms with Crippen molar-refractivity contribution < 1.29 is 4.74 Å². The number of thiazole rings is 1. The van der Waals surface area contributed by atoms with Crippen molar-refractivity contribution in [2.45, 2.75) is 19.8 Å². The second kappa shape index (κ2) is 6.40. The molecule has 3 nitrogen and oxygen atoms in total. The average molecular weight is 262 g/mol. The van der Waals surface area contributed by atoms with Gasteiger partial charge in [-0.25, -0.2) is 4.98 Å². The third-order valence-corrected chi connectivity index (χ3v) is 3.55. The summed E-state index contributed by atoms with van der Waals surface area (Å²) >= 11 is 1.65. The Morgan fingerprint density at radius 2 is 2.22 bits per heavy atom. The van der Waals surface area contributed by atoms with Gasteiger partial charge in [0.2, 0.25) is 0 Å². The summed E-state index contributed by atoms with van der Waals surface area (Å²) < 4.78 is 5.50. The van der Waals surface area contributed by atoms with Gasteiger partial charge < -0.3 is 10.1 Å². The molecule has 0 fully saturated rings. The standard InChI is InChI=1S/C14H18N2OS/c1-3-17-13-6-4-5-11(9-13)7-8-12-10-18-14(15-2)16-12/h4-6,9-10H,3,7-8H2,1-2H3,(H,15,16). The van der Waals surface area contributed by atoms with Crippen molar-refractivity contribution >= 4 is 16.5 Å². The molecule has 0 amide bonds. The molecule has 2 rings (SSSR count). The van der Waals surface area contributed by atoms with E-state index in [9.17, 15) is 0 Å². The summed E-state index contributed by atoms with van der Waals surface area (Å²) in [6.45, 7) is 2.71. The van der Waals surface area contributed by atoms with Crippen molar-refractivity contribution in [2.24, 2.45) is 0 Å². The first-order chi connectivity index (χ1) is 8.81. The number of hydrogen-bond acceptors (Lipinski definition) is 4. The Balaban J connectivity index is 1.94. The number of nitrogens with one attached hydrogen (secondary N) is 1. The molecule has 0 unspecified atom stereocenters. The highest BCUT2D eigenvalue weighted by molar-refractivity contribution is 7.13. The number of aromatic nitrogens is 1. The van der Waals surface area contributed by atoms with E-state index in [0.29, 0.717) is 6.61 Å². The molecule has 0 spiro atoms. The first kappa shape index (κ1) is 12.9. The van der Waals surface area contributed by atoms with Crippen LogP contribution in [0.3, 0.4) is 0 Å². The van der Waals surface area contributed by atoms with E-state index >= 15 is 0 Å². The van der Waals surface area contributed by atoms with Gasteiger partial charge in [0.25, 0.3) is 0 Å². The fourth-order valence-electron chi connectivity index (χ4n) is 1.77. The lowest BCUT2D eigenvalue weighted by atomic mass is 10.1. The fourth-order valence-corrected chi connectivity index (χ4v) is 2.47. The van der Waals surface area contributed by atoms with Gasteiger partial charge in [-0.1, -0.05) is 12.1 Å². The minimum Gasteiger partial charge on any atom is -0.494 e. The van der Waals surface area contributed by atoms with E-state index in [1.807, 2.05) is 26.1 Å². The van der Waals surface area contributed by atoms with E-state index in [1.165, 1.54) is 5.56 Å². The molecule has 1 heterocycles. The van der Waals surface area contributed by atoms with E-state index in [4.69, 9.17) is 4.74 Å². The zero-order chi connectivity index (χ0) is 12.8. The number of benzene rings is 1. The summed E-state index contributed by atoms with van der Waals surface area (Å²) in [5, 5.41) is 6.15. The van der Waals surface area contributed by atoms with Crippen molar-refractivity contribution in [3.63, 3.8) is 0 Å². The summed E-state index contributed by atoms with van der Waals surface area (Å²) in [5.41, 5.74) is 2.44. The second-order valence-electron chi connectivity index (χ2n) is 3.97. The molecule has 1 aromatic heterocycles. The predicted molar refractivity (Wildman–Crippen MR) is 76.7 cm³/mol. The van der Waals surface area contributed by atoms with Crippen LogP contribution in [0.2, 0.25) is 0 Å². The SMILES string of the molecule is CCOc1cccc(CCc2csc(NC)n2)c1. The van der Waals surface area contributed by atoms with Gasteiger partial charge in [-0.2, -0.15) is 0 Å². The normalized spacial score (nSPS) is 10.3. The highest BCUT2D eigenvalue weighted by Gasteiger charge is 2.02. The Bertz CT molecular complexity index is 496. The monoisotopic (exact) mass is 262 g/mol. The van der Waals surface area contributed by atoms with E-state index in [0.717, 1.165) is 29.4 Å². The van der Waals surface area contributed by atoms with Crippen molar-refractivity contribution in [3.8, 4) is 5.75 Å².